The van der Waals surface area contributed by atoms with Crippen LogP contribution in [0.2, 0.25) is 0 Å². The van der Waals surface area contributed by atoms with Gasteiger partial charge in [-0.15, -0.1) is 0 Å². The number of nitrogens with zero attached hydrogens (tertiary/aromatic N) is 2. The van der Waals surface area contributed by atoms with Crippen molar-refractivity contribution in [1.82, 2.24) is 4.90 Å². The van der Waals surface area contributed by atoms with Gasteiger partial charge in [-0.05, 0) is 26.0 Å². The standard InChI is InChI=1S/C15H19FN2O3/c1-3-21-15(20)18-9-7-17(8-10-18)14-12(11(2)19)5-4-6-13(14)16/h4-6H,3,7-10H2,1-2H3. The van der Waals surface area contributed by atoms with E-state index in [-0.39, 0.29) is 11.9 Å². The van der Waals surface area contributed by atoms with Crippen LogP contribution >= 0.6 is 0 Å². The average Bonchev–Trinajstić information content (AvgIpc) is 2.47. The van der Waals surface area contributed by atoms with E-state index in [1.54, 1.807) is 17.9 Å². The Bertz CT molecular complexity index is 540. The number of carbonyl (C=O) groups is 2. The number of benzene rings is 1. The highest BCUT2D eigenvalue weighted by molar-refractivity contribution is 5.99. The summed E-state index contributed by atoms with van der Waals surface area (Å²) in [5.74, 6) is -0.579. The van der Waals surface area contributed by atoms with E-state index in [4.69, 9.17) is 4.74 Å². The van der Waals surface area contributed by atoms with Crippen molar-refractivity contribution in [3.63, 3.8) is 0 Å². The summed E-state index contributed by atoms with van der Waals surface area (Å²) in [4.78, 5) is 26.7. The van der Waals surface area contributed by atoms with Crippen molar-refractivity contribution in [2.24, 2.45) is 0 Å². The lowest BCUT2D eigenvalue weighted by molar-refractivity contribution is 0.101. The molecule has 1 aliphatic rings. The fourth-order valence-electron chi connectivity index (χ4n) is 2.45. The van der Waals surface area contributed by atoms with Gasteiger partial charge in [0.2, 0.25) is 0 Å². The molecule has 6 heteroatoms. The molecule has 1 heterocycles. The second-order valence-corrected chi connectivity index (χ2v) is 4.87. The van der Waals surface area contributed by atoms with E-state index >= 15 is 0 Å². The van der Waals surface area contributed by atoms with Crippen LogP contribution in [-0.4, -0.2) is 49.6 Å². The molecular formula is C15H19FN2O3. The first-order valence-electron chi connectivity index (χ1n) is 7.00. The van der Waals surface area contributed by atoms with Gasteiger partial charge in [0.25, 0.3) is 0 Å². The highest BCUT2D eigenvalue weighted by atomic mass is 19.1. The maximum absolute atomic E-state index is 14.1. The van der Waals surface area contributed by atoms with E-state index < -0.39 is 5.82 Å². The Hall–Kier alpha value is -2.11. The zero-order valence-corrected chi connectivity index (χ0v) is 12.3. The van der Waals surface area contributed by atoms with Crippen molar-refractivity contribution in [3.8, 4) is 0 Å². The Labute approximate surface area is 123 Å². The molecule has 1 saturated heterocycles. The number of ketones is 1. The Balaban J connectivity index is 2.13. The molecule has 2 rings (SSSR count). The van der Waals surface area contributed by atoms with E-state index in [2.05, 4.69) is 0 Å². The lowest BCUT2D eigenvalue weighted by atomic mass is 10.1. The number of piperazine rings is 1. The van der Waals surface area contributed by atoms with Gasteiger partial charge in [0, 0.05) is 31.7 Å². The normalized spacial score (nSPS) is 15.0. The lowest BCUT2D eigenvalue weighted by Crippen LogP contribution is -2.49. The van der Waals surface area contributed by atoms with E-state index in [9.17, 15) is 14.0 Å². The second-order valence-electron chi connectivity index (χ2n) is 4.87. The molecule has 0 aromatic heterocycles. The van der Waals surface area contributed by atoms with Crippen molar-refractivity contribution >= 4 is 17.6 Å². The molecule has 1 aromatic carbocycles. The minimum absolute atomic E-state index is 0.169. The molecule has 1 aliphatic heterocycles. The van der Waals surface area contributed by atoms with Crippen LogP contribution in [0.5, 0.6) is 0 Å². The van der Waals surface area contributed by atoms with Crippen LogP contribution in [-0.2, 0) is 4.74 Å². The molecule has 21 heavy (non-hydrogen) atoms. The highest BCUT2D eigenvalue weighted by Crippen LogP contribution is 2.26. The molecule has 1 fully saturated rings. The van der Waals surface area contributed by atoms with Crippen LogP contribution in [0.1, 0.15) is 24.2 Å². The maximum Gasteiger partial charge on any atom is 0.409 e. The largest absolute Gasteiger partial charge is 0.450 e. The number of halogens is 1. The van der Waals surface area contributed by atoms with Crippen molar-refractivity contribution in [3.05, 3.63) is 29.6 Å². The number of carbonyl (C=O) groups excluding carboxylic acids is 2. The van der Waals surface area contributed by atoms with Crippen LogP contribution in [0.3, 0.4) is 0 Å². The molecule has 0 radical (unpaired) electrons. The molecule has 0 spiro atoms. The molecule has 0 N–H and O–H groups in total. The summed E-state index contributed by atoms with van der Waals surface area (Å²) < 4.78 is 19.0. The van der Waals surface area contributed by atoms with Crippen molar-refractivity contribution in [2.75, 3.05) is 37.7 Å². The Morgan fingerprint density at radius 2 is 1.90 bits per heavy atom. The van der Waals surface area contributed by atoms with Gasteiger partial charge in [-0.2, -0.15) is 0 Å². The van der Waals surface area contributed by atoms with E-state index in [1.165, 1.54) is 19.1 Å². The minimum Gasteiger partial charge on any atom is -0.450 e. The molecule has 0 atom stereocenters. The summed E-state index contributed by atoms with van der Waals surface area (Å²) in [5, 5.41) is 0. The van der Waals surface area contributed by atoms with Crippen molar-refractivity contribution in [1.29, 1.82) is 0 Å². The number of anilines is 1. The van der Waals surface area contributed by atoms with E-state index in [1.807, 2.05) is 4.90 Å². The molecule has 1 amide bonds. The van der Waals surface area contributed by atoms with Crippen LogP contribution in [0.15, 0.2) is 18.2 Å². The third-order valence-corrected chi connectivity index (χ3v) is 3.49. The third-order valence-electron chi connectivity index (χ3n) is 3.49. The van der Waals surface area contributed by atoms with E-state index in [0.29, 0.717) is 44.0 Å². The summed E-state index contributed by atoms with van der Waals surface area (Å²) in [6.07, 6.45) is -0.350. The highest BCUT2D eigenvalue weighted by Gasteiger charge is 2.25. The monoisotopic (exact) mass is 294 g/mol. The Morgan fingerprint density at radius 1 is 1.24 bits per heavy atom. The molecule has 5 nitrogen and oxygen atoms in total. The number of hydrogen-bond donors (Lipinski definition) is 0. The van der Waals surface area contributed by atoms with Gasteiger partial charge < -0.3 is 14.5 Å². The van der Waals surface area contributed by atoms with Crippen molar-refractivity contribution < 1.29 is 18.7 Å². The van der Waals surface area contributed by atoms with Crippen LogP contribution in [0.25, 0.3) is 0 Å². The number of hydrogen-bond acceptors (Lipinski definition) is 4. The fourth-order valence-corrected chi connectivity index (χ4v) is 2.45. The summed E-state index contributed by atoms with van der Waals surface area (Å²) in [7, 11) is 0. The van der Waals surface area contributed by atoms with Crippen LogP contribution in [0.4, 0.5) is 14.9 Å². The molecular weight excluding hydrogens is 275 g/mol. The average molecular weight is 294 g/mol. The molecule has 0 aliphatic carbocycles. The summed E-state index contributed by atoms with van der Waals surface area (Å²) >= 11 is 0. The number of para-hydroxylation sites is 1. The fraction of sp³-hybridized carbons (Fsp3) is 0.467. The lowest BCUT2D eigenvalue weighted by Gasteiger charge is -2.36. The molecule has 1 aromatic rings. The second kappa shape index (κ2) is 6.56. The van der Waals surface area contributed by atoms with Crippen LogP contribution < -0.4 is 4.90 Å². The quantitative estimate of drug-likeness (QED) is 0.803. The number of Topliss-reactive ketones (excluding diaryl/α,β-unsaturated/α-hetero) is 1. The zero-order chi connectivity index (χ0) is 15.4. The SMILES string of the molecule is CCOC(=O)N1CCN(c2c(F)cccc2C(C)=O)CC1. The summed E-state index contributed by atoms with van der Waals surface area (Å²) in [5.41, 5.74) is 0.702. The number of amides is 1. The first-order valence-corrected chi connectivity index (χ1v) is 7.00. The van der Waals surface area contributed by atoms with Gasteiger partial charge in [0.15, 0.2) is 5.78 Å². The molecule has 0 unspecified atom stereocenters. The van der Waals surface area contributed by atoms with Gasteiger partial charge in [-0.25, -0.2) is 9.18 Å². The summed E-state index contributed by atoms with van der Waals surface area (Å²) in [6, 6.07) is 4.50. The summed E-state index contributed by atoms with van der Waals surface area (Å²) in [6.45, 7) is 5.36. The maximum atomic E-state index is 14.1. The predicted molar refractivity (Wildman–Crippen MR) is 77.2 cm³/mol. The Kier molecular flexibility index (Phi) is 4.77. The number of ether oxygens (including phenoxy) is 1. The minimum atomic E-state index is -0.410. The van der Waals surface area contributed by atoms with Crippen molar-refractivity contribution in [2.45, 2.75) is 13.8 Å². The first kappa shape index (κ1) is 15.3. The number of rotatable bonds is 3. The van der Waals surface area contributed by atoms with E-state index in [0.717, 1.165) is 0 Å². The van der Waals surface area contributed by atoms with Gasteiger partial charge in [-0.1, -0.05) is 6.07 Å². The van der Waals surface area contributed by atoms with Crippen LogP contribution in [0, 0.1) is 5.82 Å². The van der Waals surface area contributed by atoms with Gasteiger partial charge >= 0.3 is 6.09 Å². The van der Waals surface area contributed by atoms with Gasteiger partial charge in [-0.3, -0.25) is 4.79 Å². The van der Waals surface area contributed by atoms with Gasteiger partial charge in [0.05, 0.1) is 12.3 Å². The Morgan fingerprint density at radius 3 is 2.48 bits per heavy atom. The topological polar surface area (TPSA) is 49.9 Å². The third kappa shape index (κ3) is 3.32. The predicted octanol–water partition coefficient (Wildman–Crippen LogP) is 2.31. The van der Waals surface area contributed by atoms with Gasteiger partial charge in [0.1, 0.15) is 5.82 Å². The first-order chi connectivity index (χ1) is 10.0. The molecule has 114 valence electrons. The zero-order valence-electron chi connectivity index (χ0n) is 12.3. The smallest absolute Gasteiger partial charge is 0.409 e. The molecule has 0 saturated carbocycles. The molecule has 0 bridgehead atoms.